The molecule has 0 radical (unpaired) electrons. The Labute approximate surface area is 218 Å². The van der Waals surface area contributed by atoms with Crippen molar-refractivity contribution in [2.45, 2.75) is 90.9 Å². The number of hydrazone groups is 1. The summed E-state index contributed by atoms with van der Waals surface area (Å²) in [5, 5.41) is 4.07. The highest BCUT2D eigenvalue weighted by Crippen LogP contribution is 2.23. The molecule has 35 heavy (non-hydrogen) atoms. The molecule has 0 atom stereocenters. The summed E-state index contributed by atoms with van der Waals surface area (Å²) in [6, 6.07) is 12.5. The van der Waals surface area contributed by atoms with Crippen molar-refractivity contribution in [3.05, 3.63) is 63.6 Å². The first kappa shape index (κ1) is 28.8. The molecule has 0 aliphatic carbocycles. The lowest BCUT2D eigenvalue weighted by atomic mass is 10.1. The first-order chi connectivity index (χ1) is 17.0. The van der Waals surface area contributed by atoms with Crippen LogP contribution in [-0.4, -0.2) is 18.1 Å². The Hall–Kier alpha value is -2.47. The minimum absolute atomic E-state index is 0.106. The fourth-order valence-electron chi connectivity index (χ4n) is 3.82. The van der Waals surface area contributed by atoms with E-state index in [4.69, 9.17) is 4.74 Å². The van der Waals surface area contributed by atoms with E-state index in [1.165, 1.54) is 64.0 Å². The predicted molar refractivity (Wildman–Crippen MR) is 147 cm³/mol. The third kappa shape index (κ3) is 12.2. The van der Waals surface area contributed by atoms with Crippen LogP contribution in [0.15, 0.2) is 52.0 Å². The van der Waals surface area contributed by atoms with Crippen LogP contribution in [0.3, 0.4) is 0 Å². The summed E-state index contributed by atoms with van der Waals surface area (Å²) in [7, 11) is 0. The molecule has 0 aromatic heterocycles. The second-order valence-electron chi connectivity index (χ2n) is 9.02. The number of esters is 1. The quantitative estimate of drug-likeness (QED) is 0.0764. The number of carbonyl (C=O) groups is 2. The Morgan fingerprint density at radius 1 is 0.914 bits per heavy atom. The maximum atomic E-state index is 12.5. The molecule has 0 unspecified atom stereocenters. The number of hydrogen-bond acceptors (Lipinski definition) is 4. The van der Waals surface area contributed by atoms with Gasteiger partial charge < -0.3 is 4.74 Å². The third-order valence-electron chi connectivity index (χ3n) is 5.83. The summed E-state index contributed by atoms with van der Waals surface area (Å²) in [5.74, 6) is -0.167. The van der Waals surface area contributed by atoms with Crippen molar-refractivity contribution in [3.63, 3.8) is 0 Å². The Morgan fingerprint density at radius 3 is 2.23 bits per heavy atom. The van der Waals surface area contributed by atoms with Crippen LogP contribution in [0.1, 0.15) is 105 Å². The van der Waals surface area contributed by atoms with Gasteiger partial charge in [0.25, 0.3) is 0 Å². The molecular formula is C29H39BrN2O3. The average molecular weight is 544 g/mol. The largest absolute Gasteiger partial charge is 0.422 e. The van der Waals surface area contributed by atoms with E-state index in [-0.39, 0.29) is 5.91 Å². The van der Waals surface area contributed by atoms with Crippen LogP contribution >= 0.6 is 15.9 Å². The number of unbranched alkanes of at least 4 members (excludes halogenated alkanes) is 10. The highest BCUT2D eigenvalue weighted by molar-refractivity contribution is 9.10. The second-order valence-corrected chi connectivity index (χ2v) is 9.94. The summed E-state index contributed by atoms with van der Waals surface area (Å²) < 4.78 is 6.40. The van der Waals surface area contributed by atoms with Gasteiger partial charge in [-0.15, -0.1) is 0 Å². The number of carbonyl (C=O) groups excluding carboxylic acids is 2. The molecule has 190 valence electrons. The lowest BCUT2D eigenvalue weighted by molar-refractivity contribution is -0.121. The molecule has 0 heterocycles. The average Bonchev–Trinajstić information content (AvgIpc) is 2.84. The van der Waals surface area contributed by atoms with Crippen molar-refractivity contribution in [1.82, 2.24) is 5.43 Å². The van der Waals surface area contributed by atoms with Gasteiger partial charge in [0, 0.05) is 16.5 Å². The Morgan fingerprint density at radius 2 is 1.57 bits per heavy atom. The standard InChI is InChI=1S/C29H39BrN2O3/c1-3-4-5-6-7-8-9-10-11-12-13-17-28(33)32-31-22-25-21-26(30)18-19-27(25)35-29(34)24-16-14-15-23(2)20-24/h14-16,18-22H,3-13,17H2,1-2H3,(H,32,33)/b31-22+. The van der Waals surface area contributed by atoms with Crippen LogP contribution < -0.4 is 10.2 Å². The molecule has 1 amide bonds. The van der Waals surface area contributed by atoms with Crippen LogP contribution in [-0.2, 0) is 4.79 Å². The maximum Gasteiger partial charge on any atom is 0.343 e. The van der Waals surface area contributed by atoms with Gasteiger partial charge in [-0.1, -0.05) is 105 Å². The Balaban J connectivity index is 1.70. The van der Waals surface area contributed by atoms with Gasteiger partial charge in [0.2, 0.25) is 5.91 Å². The fourth-order valence-corrected chi connectivity index (χ4v) is 4.20. The van der Waals surface area contributed by atoms with Crippen LogP contribution in [0.25, 0.3) is 0 Å². The van der Waals surface area contributed by atoms with E-state index in [0.717, 1.165) is 22.9 Å². The smallest absolute Gasteiger partial charge is 0.343 e. The number of nitrogens with zero attached hydrogens (tertiary/aromatic N) is 1. The van der Waals surface area contributed by atoms with Gasteiger partial charge in [-0.2, -0.15) is 5.10 Å². The van der Waals surface area contributed by atoms with Crippen LogP contribution in [0, 0.1) is 6.92 Å². The van der Waals surface area contributed by atoms with Crippen LogP contribution in [0.2, 0.25) is 0 Å². The highest BCUT2D eigenvalue weighted by atomic mass is 79.9. The highest BCUT2D eigenvalue weighted by Gasteiger charge is 2.12. The van der Waals surface area contributed by atoms with Gasteiger partial charge in [0.05, 0.1) is 11.8 Å². The van der Waals surface area contributed by atoms with E-state index in [0.29, 0.717) is 23.3 Å². The Kier molecular flexibility index (Phi) is 14.0. The molecule has 0 saturated carbocycles. The van der Waals surface area contributed by atoms with E-state index in [2.05, 4.69) is 33.4 Å². The van der Waals surface area contributed by atoms with Crippen molar-refractivity contribution in [2.75, 3.05) is 0 Å². The second kappa shape index (κ2) is 17.0. The van der Waals surface area contributed by atoms with Crippen LogP contribution in [0.4, 0.5) is 0 Å². The normalized spacial score (nSPS) is 11.1. The first-order valence-corrected chi connectivity index (χ1v) is 13.7. The molecule has 0 aliphatic rings. The van der Waals surface area contributed by atoms with E-state index >= 15 is 0 Å². The van der Waals surface area contributed by atoms with Crippen molar-refractivity contribution in [3.8, 4) is 5.75 Å². The van der Waals surface area contributed by atoms with E-state index in [1.54, 1.807) is 30.3 Å². The molecule has 2 aromatic carbocycles. The monoisotopic (exact) mass is 542 g/mol. The molecule has 0 aliphatic heterocycles. The lowest BCUT2D eigenvalue weighted by Gasteiger charge is -2.08. The minimum atomic E-state index is -0.439. The molecule has 2 aromatic rings. The molecule has 0 spiro atoms. The minimum Gasteiger partial charge on any atom is -0.422 e. The molecule has 5 nitrogen and oxygen atoms in total. The van der Waals surface area contributed by atoms with Gasteiger partial charge in [0.1, 0.15) is 5.75 Å². The predicted octanol–water partition coefficient (Wildman–Crippen LogP) is 8.13. The number of ether oxygens (including phenoxy) is 1. The number of hydrogen-bond donors (Lipinski definition) is 1. The number of aryl methyl sites for hydroxylation is 1. The summed E-state index contributed by atoms with van der Waals surface area (Å²) in [6.45, 7) is 4.17. The zero-order valence-corrected chi connectivity index (χ0v) is 22.7. The number of benzene rings is 2. The molecule has 2 rings (SSSR count). The zero-order valence-electron chi connectivity index (χ0n) is 21.2. The number of halogens is 1. The third-order valence-corrected chi connectivity index (χ3v) is 6.32. The van der Waals surface area contributed by atoms with Gasteiger partial charge in [0.15, 0.2) is 0 Å². The summed E-state index contributed by atoms with van der Waals surface area (Å²) in [4.78, 5) is 24.6. The summed E-state index contributed by atoms with van der Waals surface area (Å²) >= 11 is 3.43. The van der Waals surface area contributed by atoms with E-state index in [9.17, 15) is 9.59 Å². The molecular weight excluding hydrogens is 504 g/mol. The van der Waals surface area contributed by atoms with Crippen molar-refractivity contribution >= 4 is 34.0 Å². The van der Waals surface area contributed by atoms with Crippen molar-refractivity contribution < 1.29 is 14.3 Å². The molecule has 0 saturated heterocycles. The molecule has 1 N–H and O–H groups in total. The van der Waals surface area contributed by atoms with Crippen molar-refractivity contribution in [2.24, 2.45) is 5.10 Å². The summed E-state index contributed by atoms with van der Waals surface area (Å²) in [6.07, 6.45) is 15.7. The van der Waals surface area contributed by atoms with Crippen molar-refractivity contribution in [1.29, 1.82) is 0 Å². The maximum absolute atomic E-state index is 12.5. The lowest BCUT2D eigenvalue weighted by Crippen LogP contribution is -2.17. The van der Waals surface area contributed by atoms with Gasteiger partial charge >= 0.3 is 5.97 Å². The number of nitrogens with one attached hydrogen (secondary N) is 1. The SMILES string of the molecule is CCCCCCCCCCCCCC(=O)N/N=C/c1cc(Br)ccc1OC(=O)c1cccc(C)c1. The number of amides is 1. The van der Waals surface area contributed by atoms with Gasteiger partial charge in [-0.25, -0.2) is 10.2 Å². The van der Waals surface area contributed by atoms with E-state index < -0.39 is 5.97 Å². The van der Waals surface area contributed by atoms with Gasteiger partial charge in [-0.05, 0) is 43.7 Å². The Bertz CT molecular complexity index is 959. The van der Waals surface area contributed by atoms with Crippen LogP contribution in [0.5, 0.6) is 5.75 Å². The number of rotatable bonds is 16. The van der Waals surface area contributed by atoms with Gasteiger partial charge in [-0.3, -0.25) is 4.79 Å². The topological polar surface area (TPSA) is 67.8 Å². The molecule has 0 bridgehead atoms. The fraction of sp³-hybridized carbons (Fsp3) is 0.483. The zero-order chi connectivity index (χ0) is 25.3. The molecule has 0 fully saturated rings. The first-order valence-electron chi connectivity index (χ1n) is 12.9. The van der Waals surface area contributed by atoms with E-state index in [1.807, 2.05) is 19.1 Å². The molecule has 6 heteroatoms. The summed E-state index contributed by atoms with van der Waals surface area (Å²) in [5.41, 5.74) is 4.64.